The third-order valence-corrected chi connectivity index (χ3v) is 3.69. The number of hydrogen-bond donors (Lipinski definition) is 1. The molecule has 3 rings (SSSR count). The van der Waals surface area contributed by atoms with Crippen molar-refractivity contribution in [2.75, 3.05) is 38.1 Å². The van der Waals surface area contributed by atoms with Crippen LogP contribution in [-0.4, -0.2) is 49.4 Å². The summed E-state index contributed by atoms with van der Waals surface area (Å²) in [6.07, 6.45) is 2.72. The van der Waals surface area contributed by atoms with Crippen molar-refractivity contribution in [3.05, 3.63) is 30.0 Å². The molecule has 1 N–H and O–H groups in total. The van der Waals surface area contributed by atoms with E-state index in [0.29, 0.717) is 0 Å². The standard InChI is InChI=1S/C14H17N3O/c1-16-5-7-17(8-6-16)13-4-2-3-12-14(13)11(10-18)9-15-12/h2-4,9-10,15H,5-8H2,1H3. The number of anilines is 1. The lowest BCUT2D eigenvalue weighted by Crippen LogP contribution is -2.44. The van der Waals surface area contributed by atoms with Gasteiger partial charge < -0.3 is 14.8 Å². The first-order valence-electron chi connectivity index (χ1n) is 6.28. The summed E-state index contributed by atoms with van der Waals surface area (Å²) in [5.41, 5.74) is 2.96. The van der Waals surface area contributed by atoms with Gasteiger partial charge in [0.25, 0.3) is 0 Å². The van der Waals surface area contributed by atoms with Crippen molar-refractivity contribution < 1.29 is 4.79 Å². The Morgan fingerprint density at radius 3 is 2.72 bits per heavy atom. The monoisotopic (exact) mass is 243 g/mol. The molecular formula is C14H17N3O. The number of nitrogens with one attached hydrogen (secondary N) is 1. The molecule has 0 amide bonds. The van der Waals surface area contributed by atoms with Crippen LogP contribution >= 0.6 is 0 Å². The lowest BCUT2D eigenvalue weighted by atomic mass is 10.1. The molecule has 0 aliphatic carbocycles. The average Bonchev–Trinajstić information content (AvgIpc) is 2.82. The molecule has 1 aliphatic heterocycles. The SMILES string of the molecule is CN1CCN(c2cccc3[nH]cc(C=O)c23)CC1. The molecule has 18 heavy (non-hydrogen) atoms. The van der Waals surface area contributed by atoms with Crippen molar-refractivity contribution in [3.63, 3.8) is 0 Å². The zero-order valence-corrected chi connectivity index (χ0v) is 10.5. The van der Waals surface area contributed by atoms with Gasteiger partial charge in [-0.25, -0.2) is 0 Å². The Labute approximate surface area is 106 Å². The second kappa shape index (κ2) is 4.46. The zero-order chi connectivity index (χ0) is 12.5. The summed E-state index contributed by atoms with van der Waals surface area (Å²) < 4.78 is 0. The van der Waals surface area contributed by atoms with E-state index in [1.807, 2.05) is 12.1 Å². The predicted molar refractivity (Wildman–Crippen MR) is 73.4 cm³/mol. The highest BCUT2D eigenvalue weighted by atomic mass is 16.1. The van der Waals surface area contributed by atoms with Crippen LogP contribution in [0, 0.1) is 0 Å². The van der Waals surface area contributed by atoms with Crippen LogP contribution in [0.1, 0.15) is 10.4 Å². The van der Waals surface area contributed by atoms with Gasteiger partial charge in [0, 0.05) is 54.5 Å². The summed E-state index contributed by atoms with van der Waals surface area (Å²) in [5, 5.41) is 1.05. The third kappa shape index (κ3) is 1.78. The third-order valence-electron chi connectivity index (χ3n) is 3.69. The van der Waals surface area contributed by atoms with Gasteiger partial charge in [-0.3, -0.25) is 4.79 Å². The number of H-pyrrole nitrogens is 1. The summed E-state index contributed by atoms with van der Waals surface area (Å²) in [6.45, 7) is 4.16. The van der Waals surface area contributed by atoms with Crippen LogP contribution in [-0.2, 0) is 0 Å². The molecule has 2 heterocycles. The summed E-state index contributed by atoms with van der Waals surface area (Å²) in [7, 11) is 2.14. The van der Waals surface area contributed by atoms with Crippen molar-refractivity contribution in [3.8, 4) is 0 Å². The average molecular weight is 243 g/mol. The highest BCUT2D eigenvalue weighted by Crippen LogP contribution is 2.29. The van der Waals surface area contributed by atoms with E-state index in [4.69, 9.17) is 0 Å². The first-order chi connectivity index (χ1) is 8.79. The number of aromatic nitrogens is 1. The minimum absolute atomic E-state index is 0.750. The number of carbonyl (C=O) groups excluding carboxylic acids is 1. The number of aldehydes is 1. The minimum Gasteiger partial charge on any atom is -0.368 e. The minimum atomic E-state index is 0.750. The number of fused-ring (bicyclic) bond motifs is 1. The Hall–Kier alpha value is -1.81. The number of aromatic amines is 1. The fourth-order valence-electron chi connectivity index (χ4n) is 2.60. The zero-order valence-electron chi connectivity index (χ0n) is 10.5. The van der Waals surface area contributed by atoms with Gasteiger partial charge in [0.2, 0.25) is 0 Å². The Balaban J connectivity index is 2.05. The molecule has 0 atom stereocenters. The van der Waals surface area contributed by atoms with Gasteiger partial charge in [-0.2, -0.15) is 0 Å². The van der Waals surface area contributed by atoms with Gasteiger partial charge in [-0.1, -0.05) is 6.07 Å². The van der Waals surface area contributed by atoms with Crippen LogP contribution in [0.3, 0.4) is 0 Å². The Morgan fingerprint density at radius 2 is 2.00 bits per heavy atom. The van der Waals surface area contributed by atoms with E-state index in [1.165, 1.54) is 5.69 Å². The van der Waals surface area contributed by atoms with Gasteiger partial charge in [0.1, 0.15) is 0 Å². The molecule has 1 saturated heterocycles. The number of carbonyl (C=O) groups is 1. The van der Waals surface area contributed by atoms with Gasteiger partial charge in [-0.05, 0) is 19.2 Å². The summed E-state index contributed by atoms with van der Waals surface area (Å²) in [4.78, 5) is 19.0. The predicted octanol–water partition coefficient (Wildman–Crippen LogP) is 1.73. The van der Waals surface area contributed by atoms with E-state index in [1.54, 1.807) is 6.20 Å². The van der Waals surface area contributed by atoms with E-state index in [-0.39, 0.29) is 0 Å². The maximum absolute atomic E-state index is 11.1. The van der Waals surface area contributed by atoms with E-state index in [2.05, 4.69) is 27.9 Å². The molecular weight excluding hydrogens is 226 g/mol. The molecule has 4 heteroatoms. The highest BCUT2D eigenvalue weighted by molar-refractivity contribution is 6.04. The van der Waals surface area contributed by atoms with Crippen molar-refractivity contribution in [1.29, 1.82) is 0 Å². The quantitative estimate of drug-likeness (QED) is 0.817. The number of benzene rings is 1. The van der Waals surface area contributed by atoms with Crippen molar-refractivity contribution in [2.24, 2.45) is 0 Å². The molecule has 0 bridgehead atoms. The highest BCUT2D eigenvalue weighted by Gasteiger charge is 2.18. The van der Waals surface area contributed by atoms with Crippen LogP contribution in [0.25, 0.3) is 10.9 Å². The lowest BCUT2D eigenvalue weighted by molar-refractivity contribution is 0.112. The number of nitrogens with zero attached hydrogens (tertiary/aromatic N) is 2. The van der Waals surface area contributed by atoms with Gasteiger partial charge in [-0.15, -0.1) is 0 Å². The molecule has 4 nitrogen and oxygen atoms in total. The fourth-order valence-corrected chi connectivity index (χ4v) is 2.60. The van der Waals surface area contributed by atoms with Crippen molar-refractivity contribution in [1.82, 2.24) is 9.88 Å². The number of likely N-dealkylation sites (N-methyl/N-ethyl adjacent to an activating group) is 1. The van der Waals surface area contributed by atoms with Crippen LogP contribution < -0.4 is 4.90 Å². The number of rotatable bonds is 2. The molecule has 1 fully saturated rings. The number of hydrogen-bond acceptors (Lipinski definition) is 3. The van der Waals surface area contributed by atoms with Gasteiger partial charge >= 0.3 is 0 Å². The first kappa shape index (κ1) is 11.3. The maximum Gasteiger partial charge on any atom is 0.152 e. The van der Waals surface area contributed by atoms with Gasteiger partial charge in [0.05, 0.1) is 0 Å². The molecule has 0 unspecified atom stereocenters. The molecule has 1 aromatic heterocycles. The first-order valence-corrected chi connectivity index (χ1v) is 6.28. The molecule has 94 valence electrons. The molecule has 1 aliphatic rings. The second-order valence-electron chi connectivity index (χ2n) is 4.85. The molecule has 2 aromatic rings. The fraction of sp³-hybridized carbons (Fsp3) is 0.357. The maximum atomic E-state index is 11.1. The number of piperazine rings is 1. The molecule has 0 spiro atoms. The van der Waals surface area contributed by atoms with Crippen LogP contribution in [0.4, 0.5) is 5.69 Å². The van der Waals surface area contributed by atoms with Crippen LogP contribution in [0.15, 0.2) is 24.4 Å². The Morgan fingerprint density at radius 1 is 1.22 bits per heavy atom. The summed E-state index contributed by atoms with van der Waals surface area (Å²) in [6, 6.07) is 6.16. The normalized spacial score (nSPS) is 17.3. The topological polar surface area (TPSA) is 39.3 Å². The van der Waals surface area contributed by atoms with Crippen molar-refractivity contribution in [2.45, 2.75) is 0 Å². The molecule has 0 radical (unpaired) electrons. The van der Waals surface area contributed by atoms with Gasteiger partial charge in [0.15, 0.2) is 6.29 Å². The van der Waals surface area contributed by atoms with Crippen LogP contribution in [0.5, 0.6) is 0 Å². The Bertz CT molecular complexity index is 567. The Kier molecular flexibility index (Phi) is 2.80. The summed E-state index contributed by atoms with van der Waals surface area (Å²) >= 11 is 0. The van der Waals surface area contributed by atoms with E-state index < -0.39 is 0 Å². The van der Waals surface area contributed by atoms with Crippen LogP contribution in [0.2, 0.25) is 0 Å². The molecule has 0 saturated carbocycles. The largest absolute Gasteiger partial charge is 0.368 e. The smallest absolute Gasteiger partial charge is 0.152 e. The van der Waals surface area contributed by atoms with E-state index in [0.717, 1.165) is 48.9 Å². The van der Waals surface area contributed by atoms with E-state index in [9.17, 15) is 4.79 Å². The molecule has 1 aromatic carbocycles. The van der Waals surface area contributed by atoms with E-state index >= 15 is 0 Å². The summed E-state index contributed by atoms with van der Waals surface area (Å²) in [5.74, 6) is 0. The lowest BCUT2D eigenvalue weighted by Gasteiger charge is -2.34. The second-order valence-corrected chi connectivity index (χ2v) is 4.85. The van der Waals surface area contributed by atoms with Crippen molar-refractivity contribution >= 4 is 22.9 Å².